The average Bonchev–Trinajstić information content (AvgIpc) is 4.03. The van der Waals surface area contributed by atoms with E-state index in [2.05, 4.69) is 278 Å². The fraction of sp³-hybridized carbons (Fsp3) is 0.0294. The molecule has 0 aromatic heterocycles. The fourth-order valence-corrected chi connectivity index (χ4v) is 12.8. The molecule has 0 atom stereocenters. The third-order valence-electron chi connectivity index (χ3n) is 15.4. The van der Waals surface area contributed by atoms with Gasteiger partial charge in [0.2, 0.25) is 0 Å². The quantitative estimate of drug-likeness (QED) is 0.154. The van der Waals surface area contributed by atoms with Crippen LogP contribution in [0.25, 0.3) is 55.6 Å². The minimum Gasteiger partial charge on any atom is -0.309 e. The molecule has 14 rings (SSSR count). The molecule has 0 unspecified atom stereocenters. The highest BCUT2D eigenvalue weighted by Crippen LogP contribution is 2.65. The number of anilines is 3. The maximum atomic E-state index is 2.61. The summed E-state index contributed by atoms with van der Waals surface area (Å²) in [6, 6.07) is 102. The van der Waals surface area contributed by atoms with Crippen LogP contribution in [0.1, 0.15) is 44.5 Å². The van der Waals surface area contributed by atoms with E-state index in [-0.39, 0.29) is 0 Å². The van der Waals surface area contributed by atoms with E-state index >= 15 is 0 Å². The van der Waals surface area contributed by atoms with E-state index in [1.54, 1.807) is 0 Å². The van der Waals surface area contributed by atoms with E-state index in [0.717, 1.165) is 39.3 Å². The first-order valence-electron chi connectivity index (χ1n) is 24.1. The molecule has 0 amide bonds. The van der Waals surface area contributed by atoms with Crippen LogP contribution in [0.5, 0.6) is 0 Å². The molecule has 0 radical (unpaired) electrons. The molecule has 0 aliphatic heterocycles. The van der Waals surface area contributed by atoms with Crippen LogP contribution < -0.4 is 4.90 Å². The Hall–Kier alpha value is -8.78. The Kier molecular flexibility index (Phi) is 8.78. The summed E-state index contributed by atoms with van der Waals surface area (Å²) in [5, 5.41) is 0. The largest absolute Gasteiger partial charge is 0.309 e. The van der Waals surface area contributed by atoms with Crippen LogP contribution in [0, 0.1) is 0 Å². The summed E-state index contributed by atoms with van der Waals surface area (Å²) < 4.78 is 0. The van der Waals surface area contributed by atoms with Gasteiger partial charge in [-0.25, -0.2) is 0 Å². The van der Waals surface area contributed by atoms with Gasteiger partial charge in [-0.1, -0.05) is 255 Å². The van der Waals surface area contributed by atoms with Crippen LogP contribution >= 0.6 is 0 Å². The maximum Gasteiger partial charge on any atom is 0.0726 e. The Balaban J connectivity index is 1.12. The summed E-state index contributed by atoms with van der Waals surface area (Å²) in [4.78, 5) is 2.61. The lowest BCUT2D eigenvalue weighted by atomic mass is 9.68. The average molecular weight is 876 g/mol. The molecule has 0 saturated carbocycles. The maximum absolute atomic E-state index is 2.61. The molecule has 0 bridgehead atoms. The lowest BCUT2D eigenvalue weighted by Crippen LogP contribution is -2.28. The molecule has 0 N–H and O–H groups in total. The Labute approximate surface area is 403 Å². The van der Waals surface area contributed by atoms with Crippen LogP contribution in [-0.4, -0.2) is 0 Å². The zero-order valence-electron chi connectivity index (χ0n) is 37.9. The third-order valence-corrected chi connectivity index (χ3v) is 15.4. The smallest absolute Gasteiger partial charge is 0.0726 e. The highest BCUT2D eigenvalue weighted by Gasteiger charge is 2.53. The number of para-hydroxylation sites is 1. The van der Waals surface area contributed by atoms with Gasteiger partial charge in [0.05, 0.1) is 22.2 Å². The molecule has 1 spiro atoms. The van der Waals surface area contributed by atoms with Gasteiger partial charge >= 0.3 is 0 Å². The van der Waals surface area contributed by atoms with Crippen molar-refractivity contribution < 1.29 is 0 Å². The number of hydrogen-bond acceptors (Lipinski definition) is 1. The van der Waals surface area contributed by atoms with Gasteiger partial charge < -0.3 is 4.90 Å². The van der Waals surface area contributed by atoms with Crippen molar-refractivity contribution in [2.45, 2.75) is 10.8 Å². The predicted molar refractivity (Wildman–Crippen MR) is 286 cm³/mol. The molecular formula is C68H45N. The van der Waals surface area contributed by atoms with E-state index in [9.17, 15) is 0 Å². The number of nitrogens with zero attached hydrogens (tertiary/aromatic N) is 1. The van der Waals surface area contributed by atoms with Gasteiger partial charge in [-0.2, -0.15) is 0 Å². The van der Waals surface area contributed by atoms with Crippen molar-refractivity contribution >= 4 is 17.1 Å². The second-order valence-electron chi connectivity index (χ2n) is 18.6. The van der Waals surface area contributed by atoms with Crippen LogP contribution in [-0.2, 0) is 10.8 Å². The Morgan fingerprint density at radius 1 is 0.246 bits per heavy atom. The van der Waals surface area contributed by atoms with Crippen molar-refractivity contribution in [3.05, 3.63) is 317 Å². The van der Waals surface area contributed by atoms with E-state index < -0.39 is 10.8 Å². The summed E-state index contributed by atoms with van der Waals surface area (Å²) in [7, 11) is 0. The van der Waals surface area contributed by atoms with Crippen molar-refractivity contribution in [3.8, 4) is 55.6 Å². The standard InChI is InChI=1S/C68H45N/c1-5-23-46(24-6-1)51-35-21-36-52(47-25-7-2-8-26-47)66(51)69(50-43-44-62-57(45-50)55-33-15-17-37-58(55)67(62,48-27-9-3-10-28-48)49-29-11-4-12-30-49)64-42-22-41-63-65(64)56-34-16-20-40-61(56)68(63)59-38-18-13-31-53(59)54-32-14-19-39-60(54)68/h1-45H. The molecule has 3 aliphatic carbocycles. The van der Waals surface area contributed by atoms with E-state index in [4.69, 9.17) is 0 Å². The van der Waals surface area contributed by atoms with Gasteiger partial charge in [0.1, 0.15) is 0 Å². The normalized spacial score (nSPS) is 13.7. The molecule has 0 fully saturated rings. The summed E-state index contributed by atoms with van der Waals surface area (Å²) in [6.45, 7) is 0. The first-order chi connectivity index (χ1) is 34.3. The van der Waals surface area contributed by atoms with Crippen LogP contribution in [0.15, 0.2) is 273 Å². The van der Waals surface area contributed by atoms with E-state index in [1.165, 1.54) is 77.9 Å². The monoisotopic (exact) mass is 875 g/mol. The van der Waals surface area contributed by atoms with Crippen LogP contribution in [0.4, 0.5) is 17.1 Å². The van der Waals surface area contributed by atoms with Crippen molar-refractivity contribution in [1.29, 1.82) is 0 Å². The topological polar surface area (TPSA) is 3.24 Å². The van der Waals surface area contributed by atoms with Crippen molar-refractivity contribution in [3.63, 3.8) is 0 Å². The van der Waals surface area contributed by atoms with Gasteiger partial charge in [-0.05, 0) is 102 Å². The zero-order chi connectivity index (χ0) is 45.5. The third kappa shape index (κ3) is 5.47. The van der Waals surface area contributed by atoms with Crippen LogP contribution in [0.3, 0.4) is 0 Å². The molecular weight excluding hydrogens is 831 g/mol. The number of hydrogen-bond donors (Lipinski definition) is 0. The van der Waals surface area contributed by atoms with Crippen molar-refractivity contribution in [2.24, 2.45) is 0 Å². The first-order valence-corrected chi connectivity index (χ1v) is 24.1. The second-order valence-corrected chi connectivity index (χ2v) is 18.6. The second kappa shape index (κ2) is 15.4. The minimum atomic E-state index is -0.516. The van der Waals surface area contributed by atoms with E-state index in [1.807, 2.05) is 0 Å². The fourth-order valence-electron chi connectivity index (χ4n) is 12.8. The van der Waals surface area contributed by atoms with Gasteiger partial charge in [0.25, 0.3) is 0 Å². The van der Waals surface area contributed by atoms with Crippen molar-refractivity contribution in [2.75, 3.05) is 4.90 Å². The minimum absolute atomic E-state index is 0.496. The summed E-state index contributed by atoms with van der Waals surface area (Å²) >= 11 is 0. The molecule has 0 heterocycles. The summed E-state index contributed by atoms with van der Waals surface area (Å²) in [5.41, 5.74) is 25.0. The van der Waals surface area contributed by atoms with Crippen LogP contribution in [0.2, 0.25) is 0 Å². The van der Waals surface area contributed by atoms with E-state index in [0.29, 0.717) is 0 Å². The zero-order valence-corrected chi connectivity index (χ0v) is 37.9. The van der Waals surface area contributed by atoms with Crippen molar-refractivity contribution in [1.82, 2.24) is 0 Å². The number of benzene rings is 11. The molecule has 0 saturated heterocycles. The Morgan fingerprint density at radius 3 is 1.16 bits per heavy atom. The molecule has 1 nitrogen and oxygen atoms in total. The Bertz CT molecular complexity index is 3630. The molecule has 1 heteroatoms. The molecule has 3 aliphatic rings. The Morgan fingerprint density at radius 2 is 0.623 bits per heavy atom. The highest BCUT2D eigenvalue weighted by molar-refractivity contribution is 6.05. The number of fused-ring (bicyclic) bond motifs is 13. The van der Waals surface area contributed by atoms with Gasteiger partial charge in [0.15, 0.2) is 0 Å². The number of rotatable bonds is 7. The summed E-state index contributed by atoms with van der Waals surface area (Å²) in [5.74, 6) is 0. The van der Waals surface area contributed by atoms with Gasteiger partial charge in [-0.15, -0.1) is 0 Å². The molecule has 322 valence electrons. The first kappa shape index (κ1) is 39.4. The lowest BCUT2D eigenvalue weighted by molar-refractivity contribution is 0.768. The SMILES string of the molecule is c1ccc(-c2cccc(-c3ccccc3)c2N(c2ccc3c(c2)-c2ccccc2C3(c2ccccc2)c2ccccc2)c2cccc3c2-c2ccccc2C32c3ccccc3-c3ccccc32)cc1. The molecule has 11 aromatic rings. The predicted octanol–water partition coefficient (Wildman–Crippen LogP) is 17.2. The molecule has 11 aromatic carbocycles. The highest BCUT2D eigenvalue weighted by atomic mass is 15.2. The lowest BCUT2D eigenvalue weighted by Gasteiger charge is -2.35. The van der Waals surface area contributed by atoms with Gasteiger partial charge in [-0.3, -0.25) is 0 Å². The molecule has 69 heavy (non-hydrogen) atoms. The summed E-state index contributed by atoms with van der Waals surface area (Å²) in [6.07, 6.45) is 0. The van der Waals surface area contributed by atoms with Gasteiger partial charge in [0, 0.05) is 22.4 Å².